The fraction of sp³-hybridized carbons (Fsp3) is 0.842. The number of rotatable bonds is 9. The topological polar surface area (TPSA) is 77.8 Å². The molecule has 2 fully saturated rings. The molecule has 0 radical (unpaired) electrons. The predicted octanol–water partition coefficient (Wildman–Crippen LogP) is 2.60. The van der Waals surface area contributed by atoms with Gasteiger partial charge in [-0.2, -0.15) is 0 Å². The number of hydrogen-bond acceptors (Lipinski definition) is 4. The van der Waals surface area contributed by atoms with Crippen molar-refractivity contribution in [1.29, 1.82) is 0 Å². The van der Waals surface area contributed by atoms with Crippen molar-refractivity contribution in [3.05, 3.63) is 12.2 Å². The number of aliphatic hydroxyl groups excluding tert-OH is 3. The lowest BCUT2D eigenvalue weighted by Gasteiger charge is -2.18. The molecule has 0 heterocycles. The minimum absolute atomic E-state index is 0.0577. The summed E-state index contributed by atoms with van der Waals surface area (Å²) in [5.74, 6) is 0.247. The maximum absolute atomic E-state index is 12.1. The van der Waals surface area contributed by atoms with E-state index in [0.29, 0.717) is 0 Å². The molecule has 3 N–H and O–H groups in total. The van der Waals surface area contributed by atoms with Crippen molar-refractivity contribution in [1.82, 2.24) is 0 Å². The van der Waals surface area contributed by atoms with Gasteiger partial charge >= 0.3 is 0 Å². The molecule has 2 aliphatic carbocycles. The standard InChI is InChI=1S/C19H32O4/c20-12-5-3-1-2-4-8-15-16(19(23)13-18(15)22)11-10-14-7-6-9-17(14)21/h10-11,14-17,19-21,23H,1-9,12-13H2/t14?,15-,16-,17+,19-/m1/s1. The van der Waals surface area contributed by atoms with Gasteiger partial charge in [0.25, 0.3) is 0 Å². The summed E-state index contributed by atoms with van der Waals surface area (Å²) in [6.07, 6.45) is 12.3. The van der Waals surface area contributed by atoms with Crippen molar-refractivity contribution in [2.75, 3.05) is 6.61 Å². The van der Waals surface area contributed by atoms with E-state index in [1.165, 1.54) is 0 Å². The van der Waals surface area contributed by atoms with E-state index in [4.69, 9.17) is 5.11 Å². The van der Waals surface area contributed by atoms with Crippen LogP contribution in [0.5, 0.6) is 0 Å². The molecule has 0 aromatic carbocycles. The van der Waals surface area contributed by atoms with E-state index in [0.717, 1.165) is 57.8 Å². The summed E-state index contributed by atoms with van der Waals surface area (Å²) in [7, 11) is 0. The minimum Gasteiger partial charge on any atom is -0.396 e. The largest absolute Gasteiger partial charge is 0.396 e. The molecule has 0 spiro atoms. The van der Waals surface area contributed by atoms with E-state index in [9.17, 15) is 15.0 Å². The number of carbonyl (C=O) groups is 1. The SMILES string of the molecule is O=C1C[C@@H](O)[C@H](C=CC2CCC[C@@H]2O)[C@H]1CCCCCCCO. The lowest BCUT2D eigenvalue weighted by Crippen LogP contribution is -2.19. The van der Waals surface area contributed by atoms with Crippen LogP contribution in [0.25, 0.3) is 0 Å². The second-order valence-corrected chi connectivity index (χ2v) is 7.25. The number of hydrogen-bond donors (Lipinski definition) is 3. The van der Waals surface area contributed by atoms with Gasteiger partial charge in [-0.1, -0.05) is 44.3 Å². The average molecular weight is 324 g/mol. The van der Waals surface area contributed by atoms with Gasteiger partial charge in [0, 0.05) is 30.8 Å². The number of Topliss-reactive ketones (excluding diaryl/α,β-unsaturated/α-hetero) is 1. The van der Waals surface area contributed by atoms with Gasteiger partial charge < -0.3 is 15.3 Å². The van der Waals surface area contributed by atoms with Gasteiger partial charge in [-0.15, -0.1) is 0 Å². The fourth-order valence-corrected chi connectivity index (χ4v) is 4.06. The van der Waals surface area contributed by atoms with E-state index < -0.39 is 6.10 Å². The Bertz CT molecular complexity index is 393. The van der Waals surface area contributed by atoms with Crippen LogP contribution >= 0.6 is 0 Å². The van der Waals surface area contributed by atoms with E-state index >= 15 is 0 Å². The molecule has 4 nitrogen and oxygen atoms in total. The molecule has 4 heteroatoms. The van der Waals surface area contributed by atoms with E-state index in [-0.39, 0.29) is 42.7 Å². The molecule has 0 aromatic rings. The Morgan fingerprint density at radius 2 is 1.70 bits per heavy atom. The molecule has 132 valence electrons. The molecule has 0 saturated heterocycles. The lowest BCUT2D eigenvalue weighted by molar-refractivity contribution is -0.121. The number of unbranched alkanes of at least 4 members (excludes halogenated alkanes) is 4. The number of aliphatic hydroxyl groups is 3. The van der Waals surface area contributed by atoms with Crippen molar-refractivity contribution < 1.29 is 20.1 Å². The van der Waals surface area contributed by atoms with Crippen LogP contribution in [0.15, 0.2) is 12.2 Å². The molecule has 5 atom stereocenters. The third-order valence-electron chi connectivity index (χ3n) is 5.52. The maximum atomic E-state index is 12.1. The Morgan fingerprint density at radius 3 is 2.39 bits per heavy atom. The van der Waals surface area contributed by atoms with Crippen LogP contribution < -0.4 is 0 Å². The van der Waals surface area contributed by atoms with Crippen LogP contribution in [0.2, 0.25) is 0 Å². The molecular weight excluding hydrogens is 292 g/mol. The van der Waals surface area contributed by atoms with Crippen LogP contribution in [-0.2, 0) is 4.79 Å². The fourth-order valence-electron chi connectivity index (χ4n) is 4.06. The first kappa shape index (κ1) is 18.6. The Labute approximate surface area is 139 Å². The molecule has 0 aliphatic heterocycles. The first-order chi connectivity index (χ1) is 11.1. The second-order valence-electron chi connectivity index (χ2n) is 7.25. The highest BCUT2D eigenvalue weighted by atomic mass is 16.3. The highest BCUT2D eigenvalue weighted by molar-refractivity contribution is 5.84. The van der Waals surface area contributed by atoms with Gasteiger partial charge in [-0.25, -0.2) is 0 Å². The lowest BCUT2D eigenvalue weighted by atomic mass is 9.87. The molecule has 2 aliphatic rings. The molecule has 2 rings (SSSR count). The Morgan fingerprint density at radius 1 is 0.957 bits per heavy atom. The van der Waals surface area contributed by atoms with Crippen LogP contribution in [-0.4, -0.2) is 39.9 Å². The summed E-state index contributed by atoms with van der Waals surface area (Å²) < 4.78 is 0. The zero-order valence-corrected chi connectivity index (χ0v) is 14.1. The van der Waals surface area contributed by atoms with Gasteiger partial charge in [0.15, 0.2) is 0 Å². The highest BCUT2D eigenvalue weighted by Crippen LogP contribution is 2.35. The predicted molar refractivity (Wildman–Crippen MR) is 89.9 cm³/mol. The molecule has 23 heavy (non-hydrogen) atoms. The Kier molecular flexibility index (Phi) is 7.74. The molecule has 1 unspecified atom stereocenters. The first-order valence-corrected chi connectivity index (χ1v) is 9.31. The molecule has 2 saturated carbocycles. The zero-order chi connectivity index (χ0) is 16.7. The third-order valence-corrected chi connectivity index (χ3v) is 5.52. The molecular formula is C19H32O4. The Hall–Kier alpha value is -0.710. The van der Waals surface area contributed by atoms with Crippen molar-refractivity contribution in [2.45, 2.75) is 76.4 Å². The molecule has 0 aromatic heterocycles. The molecule has 0 amide bonds. The summed E-state index contributed by atoms with van der Waals surface area (Å²) >= 11 is 0. The normalized spacial score (nSPS) is 34.7. The maximum Gasteiger partial charge on any atom is 0.139 e. The summed E-state index contributed by atoms with van der Waals surface area (Å²) in [5, 5.41) is 28.8. The first-order valence-electron chi connectivity index (χ1n) is 9.31. The van der Waals surface area contributed by atoms with Crippen molar-refractivity contribution in [3.8, 4) is 0 Å². The quantitative estimate of drug-likeness (QED) is 0.450. The summed E-state index contributed by atoms with van der Waals surface area (Å²) in [4.78, 5) is 12.1. The van der Waals surface area contributed by atoms with Crippen molar-refractivity contribution in [2.24, 2.45) is 17.8 Å². The minimum atomic E-state index is -0.559. The van der Waals surface area contributed by atoms with Gasteiger partial charge in [0.2, 0.25) is 0 Å². The van der Waals surface area contributed by atoms with E-state index in [2.05, 4.69) is 0 Å². The second kappa shape index (κ2) is 9.55. The van der Waals surface area contributed by atoms with Crippen molar-refractivity contribution >= 4 is 5.78 Å². The number of ketones is 1. The van der Waals surface area contributed by atoms with Crippen LogP contribution in [0, 0.1) is 17.8 Å². The summed E-state index contributed by atoms with van der Waals surface area (Å²) in [6.45, 7) is 0.257. The number of carbonyl (C=O) groups excluding carboxylic acids is 1. The molecule has 0 bridgehead atoms. The van der Waals surface area contributed by atoms with Gasteiger partial charge in [0.05, 0.1) is 12.2 Å². The van der Waals surface area contributed by atoms with Crippen molar-refractivity contribution in [3.63, 3.8) is 0 Å². The van der Waals surface area contributed by atoms with Gasteiger partial charge in [-0.05, 0) is 25.7 Å². The Balaban J connectivity index is 1.81. The van der Waals surface area contributed by atoms with Gasteiger partial charge in [-0.3, -0.25) is 4.79 Å². The summed E-state index contributed by atoms with van der Waals surface area (Å²) in [6, 6.07) is 0. The zero-order valence-electron chi connectivity index (χ0n) is 14.1. The average Bonchev–Trinajstić information content (AvgIpc) is 3.04. The van der Waals surface area contributed by atoms with E-state index in [1.54, 1.807) is 0 Å². The monoisotopic (exact) mass is 324 g/mol. The van der Waals surface area contributed by atoms with Gasteiger partial charge in [0.1, 0.15) is 5.78 Å². The highest BCUT2D eigenvalue weighted by Gasteiger charge is 2.39. The van der Waals surface area contributed by atoms with Crippen LogP contribution in [0.1, 0.15) is 64.2 Å². The van der Waals surface area contributed by atoms with E-state index in [1.807, 2.05) is 12.2 Å². The smallest absolute Gasteiger partial charge is 0.139 e. The summed E-state index contributed by atoms with van der Waals surface area (Å²) in [5.41, 5.74) is 0. The van der Waals surface area contributed by atoms with Crippen LogP contribution in [0.4, 0.5) is 0 Å². The third kappa shape index (κ3) is 5.40. The van der Waals surface area contributed by atoms with Crippen LogP contribution in [0.3, 0.4) is 0 Å².